The molecule has 0 bridgehead atoms. The van der Waals surface area contributed by atoms with Gasteiger partial charge in [-0.05, 0) is 12.1 Å². The van der Waals surface area contributed by atoms with E-state index in [-0.39, 0.29) is 6.42 Å². The minimum atomic E-state index is -0.884. The van der Waals surface area contributed by atoms with E-state index in [0.29, 0.717) is 5.69 Å². The zero-order chi connectivity index (χ0) is 13.1. The Morgan fingerprint density at radius 3 is 2.94 bits per heavy atom. The van der Waals surface area contributed by atoms with Gasteiger partial charge in [0.15, 0.2) is 0 Å². The summed E-state index contributed by atoms with van der Waals surface area (Å²) in [7, 11) is 3.44. The van der Waals surface area contributed by atoms with Crippen LogP contribution in [-0.4, -0.2) is 27.7 Å². The second-order valence-corrected chi connectivity index (χ2v) is 3.97. The molecular formula is C13H14N2O3. The van der Waals surface area contributed by atoms with Crippen LogP contribution in [0.5, 0.6) is 5.75 Å². The molecule has 18 heavy (non-hydrogen) atoms. The van der Waals surface area contributed by atoms with Crippen LogP contribution in [-0.2, 0) is 18.3 Å². The van der Waals surface area contributed by atoms with Gasteiger partial charge in [-0.3, -0.25) is 4.79 Å². The molecule has 0 aliphatic carbocycles. The summed E-state index contributed by atoms with van der Waals surface area (Å²) in [5.74, 6) is 0.589. The maximum Gasteiger partial charge on any atom is 0.309 e. The van der Waals surface area contributed by atoms with E-state index in [1.54, 1.807) is 13.3 Å². The van der Waals surface area contributed by atoms with E-state index in [1.165, 1.54) is 0 Å². The zero-order valence-corrected chi connectivity index (χ0v) is 10.3. The van der Waals surface area contributed by atoms with E-state index in [1.807, 2.05) is 35.9 Å². The third-order valence-corrected chi connectivity index (χ3v) is 2.59. The van der Waals surface area contributed by atoms with Gasteiger partial charge in [0.2, 0.25) is 0 Å². The Balaban J connectivity index is 2.37. The van der Waals surface area contributed by atoms with Crippen LogP contribution in [0.4, 0.5) is 0 Å². The number of benzene rings is 1. The van der Waals surface area contributed by atoms with Crippen LogP contribution < -0.4 is 4.74 Å². The molecule has 0 atom stereocenters. The first-order chi connectivity index (χ1) is 8.60. The van der Waals surface area contributed by atoms with Crippen molar-refractivity contribution in [1.29, 1.82) is 0 Å². The Morgan fingerprint density at radius 2 is 2.28 bits per heavy atom. The van der Waals surface area contributed by atoms with Gasteiger partial charge in [0.1, 0.15) is 11.6 Å². The smallest absolute Gasteiger partial charge is 0.309 e. The molecule has 0 saturated heterocycles. The Labute approximate surface area is 105 Å². The molecule has 0 radical (unpaired) electrons. The largest absolute Gasteiger partial charge is 0.497 e. The number of carboxylic acid groups (broad SMARTS) is 1. The van der Waals surface area contributed by atoms with E-state index in [0.717, 1.165) is 17.1 Å². The van der Waals surface area contributed by atoms with Crippen molar-refractivity contribution in [2.45, 2.75) is 6.42 Å². The lowest BCUT2D eigenvalue weighted by molar-refractivity contribution is -0.136. The average molecular weight is 246 g/mol. The second kappa shape index (κ2) is 4.91. The van der Waals surface area contributed by atoms with Crippen LogP contribution in [0.2, 0.25) is 0 Å². The summed E-state index contributed by atoms with van der Waals surface area (Å²) in [5, 5.41) is 8.75. The van der Waals surface area contributed by atoms with Crippen LogP contribution in [0.1, 0.15) is 5.69 Å². The SMILES string of the molecule is COc1cccc(-c2nc(CC(=O)O)cn2C)c1. The quantitative estimate of drug-likeness (QED) is 0.892. The molecule has 0 spiro atoms. The zero-order valence-electron chi connectivity index (χ0n) is 10.3. The summed E-state index contributed by atoms with van der Waals surface area (Å²) in [4.78, 5) is 15.0. The second-order valence-electron chi connectivity index (χ2n) is 3.97. The van der Waals surface area contributed by atoms with Crippen LogP contribution >= 0.6 is 0 Å². The summed E-state index contributed by atoms with van der Waals surface area (Å²) < 4.78 is 6.97. The van der Waals surface area contributed by atoms with Gasteiger partial charge in [0, 0.05) is 18.8 Å². The Morgan fingerprint density at radius 1 is 1.50 bits per heavy atom. The maximum absolute atomic E-state index is 10.7. The molecule has 2 rings (SSSR count). The normalized spacial score (nSPS) is 10.3. The number of aromatic nitrogens is 2. The van der Waals surface area contributed by atoms with Crippen molar-refractivity contribution in [3.05, 3.63) is 36.2 Å². The van der Waals surface area contributed by atoms with Crippen molar-refractivity contribution in [3.8, 4) is 17.1 Å². The van der Waals surface area contributed by atoms with Crippen molar-refractivity contribution in [2.24, 2.45) is 7.05 Å². The molecule has 0 amide bonds. The van der Waals surface area contributed by atoms with Crippen LogP contribution in [0, 0.1) is 0 Å². The fourth-order valence-corrected chi connectivity index (χ4v) is 1.80. The van der Waals surface area contributed by atoms with Crippen LogP contribution in [0.15, 0.2) is 30.5 Å². The van der Waals surface area contributed by atoms with Gasteiger partial charge < -0.3 is 14.4 Å². The topological polar surface area (TPSA) is 64.3 Å². The molecule has 0 aliphatic rings. The van der Waals surface area contributed by atoms with E-state index in [9.17, 15) is 4.79 Å². The average Bonchev–Trinajstić information content (AvgIpc) is 2.69. The van der Waals surface area contributed by atoms with Gasteiger partial charge in [0.25, 0.3) is 0 Å². The lowest BCUT2D eigenvalue weighted by Crippen LogP contribution is -1.99. The number of carboxylic acids is 1. The van der Waals surface area contributed by atoms with Crippen LogP contribution in [0.3, 0.4) is 0 Å². The van der Waals surface area contributed by atoms with Gasteiger partial charge in [-0.15, -0.1) is 0 Å². The number of aryl methyl sites for hydroxylation is 1. The third-order valence-electron chi connectivity index (χ3n) is 2.59. The molecule has 0 fully saturated rings. The van der Waals surface area contributed by atoms with Crippen molar-refractivity contribution in [3.63, 3.8) is 0 Å². The summed E-state index contributed by atoms with van der Waals surface area (Å²) in [6, 6.07) is 7.51. The lowest BCUT2D eigenvalue weighted by atomic mass is 10.2. The first kappa shape index (κ1) is 12.2. The van der Waals surface area contributed by atoms with Crippen molar-refractivity contribution in [2.75, 3.05) is 7.11 Å². The van der Waals surface area contributed by atoms with Gasteiger partial charge >= 0.3 is 5.97 Å². The third kappa shape index (κ3) is 2.51. The number of rotatable bonds is 4. The Bertz CT molecular complexity index is 575. The summed E-state index contributed by atoms with van der Waals surface area (Å²) in [5.41, 5.74) is 1.44. The van der Waals surface area contributed by atoms with Gasteiger partial charge in [-0.1, -0.05) is 12.1 Å². The highest BCUT2D eigenvalue weighted by Gasteiger charge is 2.10. The molecule has 1 heterocycles. The van der Waals surface area contributed by atoms with E-state index >= 15 is 0 Å². The van der Waals surface area contributed by atoms with Gasteiger partial charge in [-0.2, -0.15) is 0 Å². The highest BCUT2D eigenvalue weighted by molar-refractivity contribution is 5.70. The van der Waals surface area contributed by atoms with Crippen molar-refractivity contribution in [1.82, 2.24) is 9.55 Å². The van der Waals surface area contributed by atoms with E-state index < -0.39 is 5.97 Å². The monoisotopic (exact) mass is 246 g/mol. The first-order valence-electron chi connectivity index (χ1n) is 5.48. The van der Waals surface area contributed by atoms with E-state index in [2.05, 4.69) is 4.98 Å². The highest BCUT2D eigenvalue weighted by Crippen LogP contribution is 2.22. The number of aliphatic carboxylic acids is 1. The highest BCUT2D eigenvalue weighted by atomic mass is 16.5. The summed E-state index contributed by atoms with van der Waals surface area (Å²) in [6.07, 6.45) is 1.65. The number of carbonyl (C=O) groups is 1. The number of imidazole rings is 1. The summed E-state index contributed by atoms with van der Waals surface area (Å²) >= 11 is 0. The number of nitrogens with zero attached hydrogens (tertiary/aromatic N) is 2. The number of methoxy groups -OCH3 is 1. The van der Waals surface area contributed by atoms with Gasteiger partial charge in [0.05, 0.1) is 19.2 Å². The first-order valence-corrected chi connectivity index (χ1v) is 5.48. The molecule has 0 unspecified atom stereocenters. The number of hydrogen-bond acceptors (Lipinski definition) is 3. The lowest BCUT2D eigenvalue weighted by Gasteiger charge is -2.04. The molecule has 94 valence electrons. The summed E-state index contributed by atoms with van der Waals surface area (Å²) in [6.45, 7) is 0. The molecule has 5 heteroatoms. The molecule has 0 aliphatic heterocycles. The minimum Gasteiger partial charge on any atom is -0.497 e. The predicted octanol–water partition coefficient (Wildman–Crippen LogP) is 1.72. The standard InChI is InChI=1S/C13H14N2O3/c1-15-8-10(7-12(16)17)14-13(15)9-4-3-5-11(6-9)18-2/h3-6,8H,7H2,1-2H3,(H,16,17). The van der Waals surface area contributed by atoms with Gasteiger partial charge in [-0.25, -0.2) is 4.98 Å². The number of ether oxygens (including phenoxy) is 1. The molecule has 1 aromatic heterocycles. The minimum absolute atomic E-state index is 0.0716. The molecule has 1 N–H and O–H groups in total. The maximum atomic E-state index is 10.7. The molecule has 5 nitrogen and oxygen atoms in total. The van der Waals surface area contributed by atoms with Crippen molar-refractivity contribution >= 4 is 5.97 Å². The van der Waals surface area contributed by atoms with Crippen LogP contribution in [0.25, 0.3) is 11.4 Å². The molecule has 0 saturated carbocycles. The fourth-order valence-electron chi connectivity index (χ4n) is 1.80. The fraction of sp³-hybridized carbons (Fsp3) is 0.231. The Kier molecular flexibility index (Phi) is 3.32. The number of hydrogen-bond donors (Lipinski definition) is 1. The van der Waals surface area contributed by atoms with Crippen molar-refractivity contribution < 1.29 is 14.6 Å². The molecular weight excluding hydrogens is 232 g/mol. The predicted molar refractivity (Wildman–Crippen MR) is 66.5 cm³/mol. The molecule has 1 aromatic carbocycles. The Hall–Kier alpha value is -2.30. The van der Waals surface area contributed by atoms with E-state index in [4.69, 9.17) is 9.84 Å². The molecule has 2 aromatic rings.